The van der Waals surface area contributed by atoms with Crippen LogP contribution in [0.4, 0.5) is 17.1 Å². The van der Waals surface area contributed by atoms with E-state index in [0.717, 1.165) is 56.5 Å². The van der Waals surface area contributed by atoms with Crippen LogP contribution in [0.5, 0.6) is 11.5 Å². The maximum atomic E-state index is 12.1. The summed E-state index contributed by atoms with van der Waals surface area (Å²) in [5, 5.41) is 0. The number of esters is 2. The molecule has 0 fully saturated rings. The van der Waals surface area contributed by atoms with Crippen LogP contribution in [0, 0.1) is 27.7 Å². The third-order valence-electron chi connectivity index (χ3n) is 13.5. The first-order valence-electron chi connectivity index (χ1n) is 25.0. The van der Waals surface area contributed by atoms with Gasteiger partial charge in [0.1, 0.15) is 11.5 Å². The molecular weight excluding hydrogens is 907 g/mol. The second kappa shape index (κ2) is 23.0. The Balaban J connectivity index is 1.07. The molecule has 0 bridgehead atoms. The third kappa shape index (κ3) is 12.2. The van der Waals surface area contributed by atoms with Crippen molar-refractivity contribution in [3.05, 3.63) is 316 Å². The number of hydrogen-bond donors (Lipinski definition) is 0. The number of anilines is 3. The zero-order valence-electron chi connectivity index (χ0n) is 42.4. The van der Waals surface area contributed by atoms with E-state index in [1.807, 2.05) is 48.5 Å². The van der Waals surface area contributed by atoms with Gasteiger partial charge in [-0.3, -0.25) is 0 Å². The molecule has 9 aromatic carbocycles. The minimum absolute atomic E-state index is 0.0434. The number of ether oxygens (including phenoxy) is 2. The molecule has 0 radical (unpaired) electrons. The Labute approximate surface area is 436 Å². The highest BCUT2D eigenvalue weighted by molar-refractivity contribution is 5.92. The van der Waals surface area contributed by atoms with Crippen molar-refractivity contribution in [1.82, 2.24) is 0 Å². The smallest absolute Gasteiger partial charge is 0.335 e. The summed E-state index contributed by atoms with van der Waals surface area (Å²) in [6, 6.07) is 76.7. The summed E-state index contributed by atoms with van der Waals surface area (Å²) < 4.78 is 10.9. The van der Waals surface area contributed by atoms with Crippen LogP contribution in [-0.2, 0) is 16.0 Å². The molecule has 364 valence electrons. The summed E-state index contributed by atoms with van der Waals surface area (Å²) in [6.45, 7) is 15.6. The van der Waals surface area contributed by atoms with Crippen LogP contribution in [0.15, 0.2) is 244 Å². The molecule has 0 aliphatic carbocycles. The lowest BCUT2D eigenvalue weighted by Crippen LogP contribution is -2.10. The van der Waals surface area contributed by atoms with E-state index in [1.54, 1.807) is 0 Å². The fourth-order valence-electron chi connectivity index (χ4n) is 9.34. The standard InChI is InChI=1S/C69H59NO4/c1-7-67(71)73-63-41-31-55(32-42-63)65(45-51-17-25-59(26-18-51)69(57-21-9-47(3)10-22-57)58-23-11-48(4)12-24-58)53-27-29-54(30-28-53)66(56-33-43-64(44-34-56)74-68(72)8-2)46-52-19-39-62(40-20-52)70(60-35-13-49(5)14-36-60)61-37-15-50(6)16-38-61/h7-45,66,69H,1-2,46H2,3-6H3. The normalized spacial score (nSPS) is 11.7. The highest BCUT2D eigenvalue weighted by Gasteiger charge is 2.20. The molecule has 0 aliphatic rings. The molecule has 0 aliphatic heterocycles. The van der Waals surface area contributed by atoms with Crippen molar-refractivity contribution in [2.24, 2.45) is 0 Å². The highest BCUT2D eigenvalue weighted by Crippen LogP contribution is 2.38. The van der Waals surface area contributed by atoms with Crippen LogP contribution in [0.2, 0.25) is 0 Å². The van der Waals surface area contributed by atoms with Gasteiger partial charge in [0.05, 0.1) is 0 Å². The van der Waals surface area contributed by atoms with Gasteiger partial charge < -0.3 is 14.4 Å². The Morgan fingerprint density at radius 1 is 0.419 bits per heavy atom. The summed E-state index contributed by atoms with van der Waals surface area (Å²) >= 11 is 0. The summed E-state index contributed by atoms with van der Waals surface area (Å²) in [6.07, 6.45) is 5.26. The van der Waals surface area contributed by atoms with Crippen LogP contribution >= 0.6 is 0 Å². The number of rotatable bonds is 17. The second-order valence-corrected chi connectivity index (χ2v) is 18.9. The molecule has 9 rings (SSSR count). The molecule has 0 amide bonds. The van der Waals surface area contributed by atoms with Crippen molar-refractivity contribution in [2.45, 2.75) is 46.0 Å². The van der Waals surface area contributed by atoms with Crippen LogP contribution in [0.25, 0.3) is 11.6 Å². The summed E-state index contributed by atoms with van der Waals surface area (Å²) in [5.41, 5.74) is 19.2. The predicted molar refractivity (Wildman–Crippen MR) is 304 cm³/mol. The van der Waals surface area contributed by atoms with E-state index >= 15 is 0 Å². The van der Waals surface area contributed by atoms with Crippen LogP contribution in [0.1, 0.15) is 84.2 Å². The predicted octanol–water partition coefficient (Wildman–Crippen LogP) is 16.7. The van der Waals surface area contributed by atoms with Crippen LogP contribution < -0.4 is 14.4 Å². The molecule has 0 N–H and O–H groups in total. The van der Waals surface area contributed by atoms with Gasteiger partial charge in [0.25, 0.3) is 0 Å². The average molecular weight is 966 g/mol. The Morgan fingerprint density at radius 2 is 0.743 bits per heavy atom. The van der Waals surface area contributed by atoms with E-state index in [9.17, 15) is 9.59 Å². The Hall–Kier alpha value is -9.06. The fourth-order valence-corrected chi connectivity index (χ4v) is 9.34. The molecule has 74 heavy (non-hydrogen) atoms. The molecule has 0 heterocycles. The topological polar surface area (TPSA) is 55.8 Å². The quantitative estimate of drug-likeness (QED) is 0.0299. The molecule has 1 unspecified atom stereocenters. The van der Waals surface area contributed by atoms with E-state index in [2.05, 4.69) is 222 Å². The van der Waals surface area contributed by atoms with Gasteiger partial charge in [-0.15, -0.1) is 0 Å². The van der Waals surface area contributed by atoms with Gasteiger partial charge in [-0.05, 0) is 156 Å². The summed E-state index contributed by atoms with van der Waals surface area (Å²) in [4.78, 5) is 26.5. The van der Waals surface area contributed by atoms with Crippen molar-refractivity contribution in [2.75, 3.05) is 4.90 Å². The molecular formula is C69H59NO4. The molecule has 0 aromatic heterocycles. The van der Waals surface area contributed by atoms with Crippen LogP contribution in [-0.4, -0.2) is 11.9 Å². The van der Waals surface area contributed by atoms with Crippen molar-refractivity contribution in [1.29, 1.82) is 0 Å². The van der Waals surface area contributed by atoms with E-state index in [1.165, 1.54) is 50.6 Å². The second-order valence-electron chi connectivity index (χ2n) is 18.9. The van der Waals surface area contributed by atoms with Gasteiger partial charge in [-0.25, -0.2) is 9.59 Å². The number of hydrogen-bond acceptors (Lipinski definition) is 5. The maximum absolute atomic E-state index is 12.1. The van der Waals surface area contributed by atoms with Crippen LogP contribution in [0.3, 0.4) is 0 Å². The zero-order valence-corrected chi connectivity index (χ0v) is 42.4. The van der Waals surface area contributed by atoms with Crippen molar-refractivity contribution in [3.63, 3.8) is 0 Å². The minimum Gasteiger partial charge on any atom is -0.423 e. The van der Waals surface area contributed by atoms with Gasteiger partial charge >= 0.3 is 11.9 Å². The molecule has 0 saturated carbocycles. The number of carbonyl (C=O) groups is 2. The lowest BCUT2D eigenvalue weighted by molar-refractivity contribution is -0.129. The molecule has 5 nitrogen and oxygen atoms in total. The van der Waals surface area contributed by atoms with Gasteiger partial charge in [0, 0.05) is 41.1 Å². The Morgan fingerprint density at radius 3 is 1.15 bits per heavy atom. The third-order valence-corrected chi connectivity index (χ3v) is 13.5. The molecule has 1 atom stereocenters. The first-order chi connectivity index (χ1) is 36.0. The highest BCUT2D eigenvalue weighted by atomic mass is 16.5. The average Bonchev–Trinajstić information content (AvgIpc) is 3.43. The SMILES string of the molecule is C=CC(=O)Oc1ccc(C(=Cc2ccc(C(c3ccc(C)cc3)c3ccc(C)cc3)cc2)c2ccc(C(Cc3ccc(N(c4ccc(C)cc4)c4ccc(C)cc4)cc3)c3ccc(OC(=O)C=C)cc3)cc2)cc1. The first-order valence-corrected chi connectivity index (χ1v) is 25.0. The number of aryl methyl sites for hydroxylation is 4. The molecule has 9 aromatic rings. The molecule has 0 saturated heterocycles. The van der Waals surface area contributed by atoms with Gasteiger partial charge in [-0.2, -0.15) is 0 Å². The largest absolute Gasteiger partial charge is 0.423 e. The van der Waals surface area contributed by atoms with E-state index in [4.69, 9.17) is 9.47 Å². The van der Waals surface area contributed by atoms with Crippen molar-refractivity contribution in [3.8, 4) is 11.5 Å². The van der Waals surface area contributed by atoms with Crippen molar-refractivity contribution < 1.29 is 19.1 Å². The number of nitrogens with zero attached hydrogens (tertiary/aromatic N) is 1. The zero-order chi connectivity index (χ0) is 51.6. The molecule has 5 heteroatoms. The summed E-state index contributed by atoms with van der Waals surface area (Å²) in [5.74, 6) is -0.0886. The van der Waals surface area contributed by atoms with Gasteiger partial charge in [-0.1, -0.05) is 193 Å². The summed E-state index contributed by atoms with van der Waals surface area (Å²) in [7, 11) is 0. The lowest BCUT2D eigenvalue weighted by Gasteiger charge is -2.26. The Kier molecular flexibility index (Phi) is 15.5. The maximum Gasteiger partial charge on any atom is 0.335 e. The number of benzene rings is 9. The Bertz CT molecular complexity index is 3300. The fraction of sp³-hybridized carbons (Fsp3) is 0.101. The first kappa shape index (κ1) is 49.9. The minimum atomic E-state index is -0.511. The van der Waals surface area contributed by atoms with E-state index in [-0.39, 0.29) is 11.8 Å². The lowest BCUT2D eigenvalue weighted by atomic mass is 9.84. The van der Waals surface area contributed by atoms with Gasteiger partial charge in [0.2, 0.25) is 0 Å². The van der Waals surface area contributed by atoms with Gasteiger partial charge in [0.15, 0.2) is 0 Å². The van der Waals surface area contributed by atoms with Crippen molar-refractivity contribution >= 4 is 40.6 Å². The van der Waals surface area contributed by atoms with E-state index in [0.29, 0.717) is 17.9 Å². The van der Waals surface area contributed by atoms with E-state index < -0.39 is 11.9 Å². The number of carbonyl (C=O) groups excluding carboxylic acids is 2. The molecule has 0 spiro atoms. The monoisotopic (exact) mass is 965 g/mol.